The molecule has 20 heavy (non-hydrogen) atoms. The van der Waals surface area contributed by atoms with Crippen LogP contribution in [-0.4, -0.2) is 37.0 Å². The molecular formula is C17H33NO2. The minimum atomic E-state index is 0.0247. The van der Waals surface area contributed by atoms with Gasteiger partial charge >= 0.3 is 0 Å². The van der Waals surface area contributed by atoms with Gasteiger partial charge in [0.25, 0.3) is 0 Å². The van der Waals surface area contributed by atoms with Crippen LogP contribution >= 0.6 is 0 Å². The van der Waals surface area contributed by atoms with Crippen molar-refractivity contribution in [3.05, 3.63) is 0 Å². The largest absolute Gasteiger partial charge is 0.376 e. The average Bonchev–Trinajstić information content (AvgIpc) is 2.87. The van der Waals surface area contributed by atoms with E-state index in [0.717, 1.165) is 25.7 Å². The minimum absolute atomic E-state index is 0.0247. The van der Waals surface area contributed by atoms with Crippen LogP contribution in [-0.2, 0) is 9.47 Å². The quantitative estimate of drug-likeness (QED) is 0.837. The summed E-state index contributed by atoms with van der Waals surface area (Å²) in [4.78, 5) is 0. The summed E-state index contributed by atoms with van der Waals surface area (Å²) in [6.07, 6.45) is 7.70. The second kappa shape index (κ2) is 6.76. The van der Waals surface area contributed by atoms with Crippen molar-refractivity contribution in [3.8, 4) is 0 Å². The molecule has 0 radical (unpaired) electrons. The van der Waals surface area contributed by atoms with E-state index in [1.165, 1.54) is 38.5 Å². The van der Waals surface area contributed by atoms with E-state index >= 15 is 0 Å². The third-order valence-corrected chi connectivity index (χ3v) is 4.59. The highest BCUT2D eigenvalue weighted by Gasteiger charge is 2.37. The van der Waals surface area contributed by atoms with Gasteiger partial charge in [-0.25, -0.2) is 0 Å². The molecule has 1 saturated carbocycles. The molecule has 1 saturated heterocycles. The summed E-state index contributed by atoms with van der Waals surface area (Å²) < 4.78 is 12.1. The Bertz CT molecular complexity index is 294. The van der Waals surface area contributed by atoms with E-state index in [1.54, 1.807) is 0 Å². The molecule has 3 nitrogen and oxygen atoms in total. The van der Waals surface area contributed by atoms with Gasteiger partial charge in [-0.3, -0.25) is 0 Å². The lowest BCUT2D eigenvalue weighted by atomic mass is 9.78. The predicted octanol–water partition coefficient (Wildman–Crippen LogP) is 3.52. The van der Waals surface area contributed by atoms with Crippen molar-refractivity contribution in [2.24, 2.45) is 5.92 Å². The van der Waals surface area contributed by atoms with Gasteiger partial charge in [-0.15, -0.1) is 0 Å². The zero-order chi connectivity index (χ0) is 14.6. The molecule has 1 aliphatic heterocycles. The van der Waals surface area contributed by atoms with Crippen LogP contribution in [0, 0.1) is 5.92 Å². The highest BCUT2D eigenvalue weighted by molar-refractivity contribution is 4.91. The van der Waals surface area contributed by atoms with Gasteiger partial charge in [0.1, 0.15) is 0 Å². The Morgan fingerprint density at radius 2 is 2.05 bits per heavy atom. The maximum atomic E-state index is 6.43. The van der Waals surface area contributed by atoms with Crippen molar-refractivity contribution in [1.29, 1.82) is 0 Å². The van der Waals surface area contributed by atoms with E-state index in [4.69, 9.17) is 9.47 Å². The fourth-order valence-corrected chi connectivity index (χ4v) is 3.43. The zero-order valence-electron chi connectivity index (χ0n) is 13.8. The lowest BCUT2D eigenvalue weighted by Gasteiger charge is -2.42. The first-order valence-electron chi connectivity index (χ1n) is 8.39. The van der Waals surface area contributed by atoms with Crippen LogP contribution < -0.4 is 5.32 Å². The van der Waals surface area contributed by atoms with Crippen LogP contribution in [0.5, 0.6) is 0 Å². The monoisotopic (exact) mass is 283 g/mol. The van der Waals surface area contributed by atoms with Crippen molar-refractivity contribution in [2.45, 2.75) is 83.5 Å². The van der Waals surface area contributed by atoms with Crippen molar-refractivity contribution in [1.82, 2.24) is 5.32 Å². The fourth-order valence-electron chi connectivity index (χ4n) is 3.43. The maximum absolute atomic E-state index is 6.43. The smallest absolute Gasteiger partial charge is 0.0810 e. The molecular weight excluding hydrogens is 250 g/mol. The topological polar surface area (TPSA) is 30.5 Å². The van der Waals surface area contributed by atoms with Gasteiger partial charge in [0.2, 0.25) is 0 Å². The predicted molar refractivity (Wildman–Crippen MR) is 83.0 cm³/mol. The summed E-state index contributed by atoms with van der Waals surface area (Å²) in [5.41, 5.74) is 0.178. The number of rotatable bonds is 5. The molecule has 3 unspecified atom stereocenters. The Hall–Kier alpha value is -0.120. The lowest BCUT2D eigenvalue weighted by Crippen LogP contribution is -2.52. The third kappa shape index (κ3) is 5.01. The van der Waals surface area contributed by atoms with Crippen molar-refractivity contribution in [3.63, 3.8) is 0 Å². The summed E-state index contributed by atoms with van der Waals surface area (Å²) >= 11 is 0. The highest BCUT2D eigenvalue weighted by Crippen LogP contribution is 2.35. The second-order valence-corrected chi connectivity index (χ2v) is 7.93. The number of ether oxygens (including phenoxy) is 2. The second-order valence-electron chi connectivity index (χ2n) is 7.93. The molecule has 1 aliphatic carbocycles. The fraction of sp³-hybridized carbons (Fsp3) is 1.00. The van der Waals surface area contributed by atoms with Crippen LogP contribution in [0.15, 0.2) is 0 Å². The molecule has 2 rings (SSSR count). The number of hydrogen-bond donors (Lipinski definition) is 1. The standard InChI is InChI=1S/C17H33NO2/c1-14-7-5-9-17(11-14,13-18-16(2,3)4)20-12-15-8-6-10-19-15/h14-15,18H,5-13H2,1-4H3. The van der Waals surface area contributed by atoms with Crippen LogP contribution in [0.25, 0.3) is 0 Å². The van der Waals surface area contributed by atoms with Crippen LogP contribution in [0.4, 0.5) is 0 Å². The molecule has 0 spiro atoms. The minimum Gasteiger partial charge on any atom is -0.376 e. The van der Waals surface area contributed by atoms with E-state index < -0.39 is 0 Å². The molecule has 1 N–H and O–H groups in total. The first-order valence-corrected chi connectivity index (χ1v) is 8.39. The first kappa shape index (κ1) is 16.3. The van der Waals surface area contributed by atoms with Crippen LogP contribution in [0.3, 0.4) is 0 Å². The molecule has 3 atom stereocenters. The van der Waals surface area contributed by atoms with Crippen LogP contribution in [0.2, 0.25) is 0 Å². The molecule has 0 aromatic rings. The van der Waals surface area contributed by atoms with E-state index in [2.05, 4.69) is 33.0 Å². The van der Waals surface area contributed by atoms with Gasteiger partial charge in [-0.1, -0.05) is 19.8 Å². The lowest BCUT2D eigenvalue weighted by molar-refractivity contribution is -0.110. The van der Waals surface area contributed by atoms with E-state index in [1.807, 2.05) is 0 Å². The summed E-state index contributed by atoms with van der Waals surface area (Å²) in [6, 6.07) is 0. The molecule has 2 fully saturated rings. The van der Waals surface area contributed by atoms with Crippen LogP contribution in [0.1, 0.15) is 66.2 Å². The average molecular weight is 283 g/mol. The number of hydrogen-bond acceptors (Lipinski definition) is 3. The van der Waals surface area contributed by atoms with Gasteiger partial charge in [-0.2, -0.15) is 0 Å². The third-order valence-electron chi connectivity index (χ3n) is 4.59. The summed E-state index contributed by atoms with van der Waals surface area (Å²) in [5, 5.41) is 3.66. The van der Waals surface area contributed by atoms with Gasteiger partial charge in [0.15, 0.2) is 0 Å². The van der Waals surface area contributed by atoms with E-state index in [0.29, 0.717) is 6.10 Å². The summed E-state index contributed by atoms with van der Waals surface area (Å²) in [7, 11) is 0. The molecule has 118 valence electrons. The van der Waals surface area contributed by atoms with E-state index in [9.17, 15) is 0 Å². The van der Waals surface area contributed by atoms with Gasteiger partial charge in [0.05, 0.1) is 18.3 Å². The molecule has 3 heteroatoms. The Kier molecular flexibility index (Phi) is 5.49. The molecule has 1 heterocycles. The Morgan fingerprint density at radius 3 is 2.65 bits per heavy atom. The Balaban J connectivity index is 1.91. The summed E-state index contributed by atoms with van der Waals surface area (Å²) in [6.45, 7) is 11.7. The first-order chi connectivity index (χ1) is 9.39. The van der Waals surface area contributed by atoms with Gasteiger partial charge in [-0.05, 0) is 52.4 Å². The van der Waals surface area contributed by atoms with Crippen molar-refractivity contribution < 1.29 is 9.47 Å². The molecule has 2 aliphatic rings. The SMILES string of the molecule is CC1CCCC(CNC(C)(C)C)(OCC2CCCO2)C1. The number of nitrogens with one attached hydrogen (secondary N) is 1. The van der Waals surface area contributed by atoms with E-state index in [-0.39, 0.29) is 11.1 Å². The van der Waals surface area contributed by atoms with Gasteiger partial charge < -0.3 is 14.8 Å². The van der Waals surface area contributed by atoms with Gasteiger partial charge in [0, 0.05) is 18.7 Å². The highest BCUT2D eigenvalue weighted by atomic mass is 16.5. The van der Waals surface area contributed by atoms with Crippen molar-refractivity contribution in [2.75, 3.05) is 19.8 Å². The van der Waals surface area contributed by atoms with Crippen molar-refractivity contribution >= 4 is 0 Å². The Morgan fingerprint density at radius 1 is 1.25 bits per heavy atom. The molecule has 0 aromatic heterocycles. The molecule has 0 amide bonds. The zero-order valence-corrected chi connectivity index (χ0v) is 13.8. The molecule has 0 aromatic carbocycles. The normalized spacial score (nSPS) is 35.4. The summed E-state index contributed by atoms with van der Waals surface area (Å²) in [5.74, 6) is 0.773. The Labute approximate surface area is 124 Å². The molecule has 0 bridgehead atoms. The maximum Gasteiger partial charge on any atom is 0.0810 e.